The number of nitrogens with two attached hydrogens (primary N) is 1. The SMILES string of the molecule is CC(C)CN(CCCN)c1ccc(F)cc1. The van der Waals surface area contributed by atoms with Gasteiger partial charge in [-0.25, -0.2) is 4.39 Å². The number of nitrogens with zero attached hydrogens (tertiary/aromatic N) is 1. The molecule has 0 bridgehead atoms. The Labute approximate surface area is 97.3 Å². The first kappa shape index (κ1) is 13.0. The fourth-order valence-electron chi connectivity index (χ4n) is 1.70. The zero-order valence-corrected chi connectivity index (χ0v) is 10.1. The molecule has 0 aliphatic rings. The van der Waals surface area contributed by atoms with Gasteiger partial charge in [0.25, 0.3) is 0 Å². The fraction of sp³-hybridized carbons (Fsp3) is 0.538. The minimum atomic E-state index is -0.188. The summed E-state index contributed by atoms with van der Waals surface area (Å²) in [5.41, 5.74) is 6.60. The summed E-state index contributed by atoms with van der Waals surface area (Å²) in [7, 11) is 0. The Morgan fingerprint density at radius 1 is 1.25 bits per heavy atom. The Kier molecular flexibility index (Phi) is 5.26. The molecule has 2 N–H and O–H groups in total. The van der Waals surface area contributed by atoms with E-state index in [4.69, 9.17) is 5.73 Å². The van der Waals surface area contributed by atoms with E-state index in [-0.39, 0.29) is 5.82 Å². The first-order valence-electron chi connectivity index (χ1n) is 5.84. The topological polar surface area (TPSA) is 29.3 Å². The lowest BCUT2D eigenvalue weighted by molar-refractivity contribution is 0.598. The lowest BCUT2D eigenvalue weighted by Gasteiger charge is -2.26. The first-order valence-corrected chi connectivity index (χ1v) is 5.84. The molecule has 0 aliphatic heterocycles. The Morgan fingerprint density at radius 3 is 2.38 bits per heavy atom. The number of anilines is 1. The van der Waals surface area contributed by atoms with E-state index < -0.39 is 0 Å². The van der Waals surface area contributed by atoms with Gasteiger partial charge in [-0.05, 0) is 43.1 Å². The molecule has 2 nitrogen and oxygen atoms in total. The highest BCUT2D eigenvalue weighted by atomic mass is 19.1. The van der Waals surface area contributed by atoms with Crippen molar-refractivity contribution in [1.82, 2.24) is 0 Å². The molecule has 1 aromatic rings. The van der Waals surface area contributed by atoms with E-state index in [2.05, 4.69) is 18.7 Å². The zero-order chi connectivity index (χ0) is 12.0. The van der Waals surface area contributed by atoms with Gasteiger partial charge < -0.3 is 10.6 Å². The van der Waals surface area contributed by atoms with Gasteiger partial charge in [-0.2, -0.15) is 0 Å². The molecule has 0 aliphatic carbocycles. The second kappa shape index (κ2) is 6.48. The Hall–Kier alpha value is -1.09. The van der Waals surface area contributed by atoms with E-state index in [9.17, 15) is 4.39 Å². The van der Waals surface area contributed by atoms with Crippen LogP contribution in [0.5, 0.6) is 0 Å². The van der Waals surface area contributed by atoms with Crippen LogP contribution in [0, 0.1) is 11.7 Å². The van der Waals surface area contributed by atoms with Crippen molar-refractivity contribution in [3.63, 3.8) is 0 Å². The van der Waals surface area contributed by atoms with Crippen molar-refractivity contribution < 1.29 is 4.39 Å². The van der Waals surface area contributed by atoms with Gasteiger partial charge in [0, 0.05) is 18.8 Å². The Balaban J connectivity index is 2.70. The van der Waals surface area contributed by atoms with Crippen LogP contribution in [0.25, 0.3) is 0 Å². The number of rotatable bonds is 6. The smallest absolute Gasteiger partial charge is 0.123 e. The van der Waals surface area contributed by atoms with E-state index in [0.29, 0.717) is 12.5 Å². The summed E-state index contributed by atoms with van der Waals surface area (Å²) in [6.45, 7) is 6.96. The van der Waals surface area contributed by atoms with Gasteiger partial charge >= 0.3 is 0 Å². The third-order valence-corrected chi connectivity index (χ3v) is 2.41. The molecule has 0 saturated heterocycles. The summed E-state index contributed by atoms with van der Waals surface area (Å²) in [5, 5.41) is 0. The van der Waals surface area contributed by atoms with Gasteiger partial charge in [0.15, 0.2) is 0 Å². The van der Waals surface area contributed by atoms with Crippen LogP contribution in [0.2, 0.25) is 0 Å². The van der Waals surface area contributed by atoms with Crippen molar-refractivity contribution in [2.75, 3.05) is 24.5 Å². The largest absolute Gasteiger partial charge is 0.371 e. The second-order valence-electron chi connectivity index (χ2n) is 4.46. The van der Waals surface area contributed by atoms with E-state index in [0.717, 1.165) is 25.2 Å². The van der Waals surface area contributed by atoms with Crippen molar-refractivity contribution in [3.05, 3.63) is 30.1 Å². The molecule has 1 aromatic carbocycles. The van der Waals surface area contributed by atoms with Crippen molar-refractivity contribution in [3.8, 4) is 0 Å². The summed E-state index contributed by atoms with van der Waals surface area (Å²) in [5.74, 6) is 0.398. The first-order chi connectivity index (χ1) is 7.63. The van der Waals surface area contributed by atoms with Gasteiger partial charge in [-0.1, -0.05) is 13.8 Å². The molecule has 0 radical (unpaired) electrons. The molecule has 0 spiro atoms. The highest BCUT2D eigenvalue weighted by Gasteiger charge is 2.07. The summed E-state index contributed by atoms with van der Waals surface area (Å²) < 4.78 is 12.8. The van der Waals surface area contributed by atoms with E-state index in [1.165, 1.54) is 12.1 Å². The summed E-state index contributed by atoms with van der Waals surface area (Å²) in [6.07, 6.45) is 0.962. The molecule has 0 aromatic heterocycles. The third-order valence-electron chi connectivity index (χ3n) is 2.41. The molecule has 1 rings (SSSR count). The second-order valence-corrected chi connectivity index (χ2v) is 4.46. The maximum Gasteiger partial charge on any atom is 0.123 e. The minimum Gasteiger partial charge on any atom is -0.371 e. The van der Waals surface area contributed by atoms with E-state index in [1.807, 2.05) is 12.1 Å². The van der Waals surface area contributed by atoms with Gasteiger partial charge in [-0.15, -0.1) is 0 Å². The lowest BCUT2D eigenvalue weighted by atomic mass is 10.1. The van der Waals surface area contributed by atoms with Crippen LogP contribution >= 0.6 is 0 Å². The van der Waals surface area contributed by atoms with Crippen molar-refractivity contribution in [2.24, 2.45) is 11.7 Å². The number of hydrogen-bond acceptors (Lipinski definition) is 2. The van der Waals surface area contributed by atoms with E-state index in [1.54, 1.807) is 0 Å². The van der Waals surface area contributed by atoms with Crippen molar-refractivity contribution in [2.45, 2.75) is 20.3 Å². The van der Waals surface area contributed by atoms with Crippen LogP contribution in [-0.2, 0) is 0 Å². The quantitative estimate of drug-likeness (QED) is 0.805. The predicted molar refractivity (Wildman–Crippen MR) is 67.1 cm³/mol. The van der Waals surface area contributed by atoms with E-state index >= 15 is 0 Å². The highest BCUT2D eigenvalue weighted by molar-refractivity contribution is 5.46. The number of benzene rings is 1. The van der Waals surface area contributed by atoms with Crippen LogP contribution < -0.4 is 10.6 Å². The fourth-order valence-corrected chi connectivity index (χ4v) is 1.70. The third kappa shape index (κ3) is 4.19. The van der Waals surface area contributed by atoms with Crippen LogP contribution in [0.3, 0.4) is 0 Å². The molecule has 0 unspecified atom stereocenters. The van der Waals surface area contributed by atoms with Crippen molar-refractivity contribution >= 4 is 5.69 Å². The number of hydrogen-bond donors (Lipinski definition) is 1. The molecule has 0 amide bonds. The molecule has 0 heterocycles. The average Bonchev–Trinajstić information content (AvgIpc) is 2.25. The zero-order valence-electron chi connectivity index (χ0n) is 10.1. The molecule has 3 heteroatoms. The normalized spacial score (nSPS) is 10.8. The molecule has 90 valence electrons. The molecular formula is C13H21FN2. The molecule has 0 atom stereocenters. The van der Waals surface area contributed by atoms with Crippen LogP contribution in [0.4, 0.5) is 10.1 Å². The van der Waals surface area contributed by atoms with Crippen LogP contribution in [-0.4, -0.2) is 19.6 Å². The van der Waals surface area contributed by atoms with Gasteiger partial charge in [0.05, 0.1) is 0 Å². The number of halogens is 1. The molecule has 16 heavy (non-hydrogen) atoms. The van der Waals surface area contributed by atoms with Crippen LogP contribution in [0.15, 0.2) is 24.3 Å². The van der Waals surface area contributed by atoms with Gasteiger partial charge in [0.2, 0.25) is 0 Å². The standard InChI is InChI=1S/C13H21FN2/c1-11(2)10-16(9-3-8-15)13-6-4-12(14)5-7-13/h4-7,11H,3,8-10,15H2,1-2H3. The maximum absolute atomic E-state index is 12.8. The Bertz CT molecular complexity index is 295. The van der Waals surface area contributed by atoms with Gasteiger partial charge in [-0.3, -0.25) is 0 Å². The monoisotopic (exact) mass is 224 g/mol. The Morgan fingerprint density at radius 2 is 1.88 bits per heavy atom. The summed E-state index contributed by atoms with van der Waals surface area (Å²) >= 11 is 0. The highest BCUT2D eigenvalue weighted by Crippen LogP contribution is 2.16. The maximum atomic E-state index is 12.8. The summed E-state index contributed by atoms with van der Waals surface area (Å²) in [4.78, 5) is 2.26. The molecule has 0 fully saturated rings. The van der Waals surface area contributed by atoms with Crippen molar-refractivity contribution in [1.29, 1.82) is 0 Å². The minimum absolute atomic E-state index is 0.188. The lowest BCUT2D eigenvalue weighted by Crippen LogP contribution is -2.29. The molecular weight excluding hydrogens is 203 g/mol. The van der Waals surface area contributed by atoms with Gasteiger partial charge in [0.1, 0.15) is 5.82 Å². The predicted octanol–water partition coefficient (Wildman–Crippen LogP) is 2.64. The summed E-state index contributed by atoms with van der Waals surface area (Å²) in [6, 6.07) is 6.67. The van der Waals surface area contributed by atoms with Crippen LogP contribution in [0.1, 0.15) is 20.3 Å². The molecule has 0 saturated carbocycles. The average molecular weight is 224 g/mol.